The van der Waals surface area contributed by atoms with E-state index in [1.165, 1.54) is 6.92 Å². The second kappa shape index (κ2) is 16.6. The molecule has 1 aromatic heterocycles. The summed E-state index contributed by atoms with van der Waals surface area (Å²) in [5, 5.41) is 13.8. The molecule has 0 radical (unpaired) electrons. The number of ether oxygens (including phenoxy) is 2. The van der Waals surface area contributed by atoms with Gasteiger partial charge in [-0.3, -0.25) is 24.0 Å². The zero-order chi connectivity index (χ0) is 43.2. The number of hydrogen-bond donors (Lipinski definition) is 3. The highest BCUT2D eigenvalue weighted by Crippen LogP contribution is 2.47. The summed E-state index contributed by atoms with van der Waals surface area (Å²) < 4.78 is 84.4. The number of aromatic nitrogens is 1. The largest absolute Gasteiger partial charge is 0.478 e. The van der Waals surface area contributed by atoms with Crippen molar-refractivity contribution in [1.82, 2.24) is 24.8 Å². The lowest BCUT2D eigenvalue weighted by Crippen LogP contribution is -2.66. The minimum atomic E-state index is -5.10. The van der Waals surface area contributed by atoms with Crippen molar-refractivity contribution < 1.29 is 55.3 Å². The summed E-state index contributed by atoms with van der Waals surface area (Å²) in [6, 6.07) is 3.25. The predicted octanol–water partition coefficient (Wildman–Crippen LogP) is 6.21. The van der Waals surface area contributed by atoms with Crippen molar-refractivity contribution in [2.45, 2.75) is 127 Å². The summed E-state index contributed by atoms with van der Waals surface area (Å²) in [7, 11) is -4.03. The molecule has 59 heavy (non-hydrogen) atoms. The lowest BCUT2D eigenvalue weighted by molar-refractivity contribution is -0.222. The Morgan fingerprint density at radius 3 is 2.49 bits per heavy atom. The average molecular weight is 870 g/mol. The number of nitrogens with zero attached hydrogens (tertiary/aromatic N) is 3. The van der Waals surface area contributed by atoms with Crippen LogP contribution in [0.25, 0.3) is 10.8 Å². The van der Waals surface area contributed by atoms with Gasteiger partial charge in [0.15, 0.2) is 0 Å². The number of alkyl halides is 3. The summed E-state index contributed by atoms with van der Waals surface area (Å²) in [4.78, 5) is 62.1. The van der Waals surface area contributed by atoms with Crippen molar-refractivity contribution in [2.24, 2.45) is 17.8 Å². The minimum absolute atomic E-state index is 0.0364. The Kier molecular flexibility index (Phi) is 12.5. The number of sulfonamides is 1. The van der Waals surface area contributed by atoms with Crippen LogP contribution in [-0.2, 0) is 24.4 Å². The first-order valence-electron chi connectivity index (χ1n) is 19.9. The molecule has 2 saturated carbocycles. The van der Waals surface area contributed by atoms with E-state index in [0.29, 0.717) is 68.4 Å². The Labute approximate surface area is 346 Å². The zero-order valence-corrected chi connectivity index (χ0v) is 35.1. The first-order chi connectivity index (χ1) is 27.6. The Balaban J connectivity index is 1.44. The molecule has 2 aromatic rings. The van der Waals surface area contributed by atoms with E-state index in [9.17, 15) is 41.1 Å². The van der Waals surface area contributed by atoms with Crippen molar-refractivity contribution in [3.63, 3.8) is 0 Å². The van der Waals surface area contributed by atoms with Crippen LogP contribution in [0.2, 0.25) is 5.02 Å². The molecule has 1 saturated heterocycles. The van der Waals surface area contributed by atoms with Crippen molar-refractivity contribution in [2.75, 3.05) is 13.2 Å². The minimum Gasteiger partial charge on any atom is -0.478 e. The molecule has 4 amide bonds. The van der Waals surface area contributed by atoms with Gasteiger partial charge in [-0.2, -0.15) is 18.2 Å². The molecule has 6 rings (SSSR count). The highest BCUT2D eigenvalue weighted by molar-refractivity contribution is 7.91. The summed E-state index contributed by atoms with van der Waals surface area (Å²) in [6.07, 6.45) is -2.27. The second-order valence-electron chi connectivity index (χ2n) is 16.9. The van der Waals surface area contributed by atoms with Crippen LogP contribution in [0.5, 0.6) is 11.8 Å². The van der Waals surface area contributed by atoms with Gasteiger partial charge in [0.1, 0.15) is 29.3 Å². The molecule has 3 heterocycles. The predicted molar refractivity (Wildman–Crippen MR) is 211 cm³/mol. The summed E-state index contributed by atoms with van der Waals surface area (Å²) in [6.45, 7) is 6.57. The van der Waals surface area contributed by atoms with Crippen LogP contribution in [0, 0.1) is 17.8 Å². The maximum absolute atomic E-state index is 15.0. The van der Waals surface area contributed by atoms with Gasteiger partial charge in [-0.1, -0.05) is 50.6 Å². The molecule has 2 aliphatic carbocycles. The number of carboxylic acid groups (broad SMARTS) is 1. The number of rotatable bonds is 10. The normalized spacial score (nSPS) is 28.7. The number of hydrogen-bond acceptors (Lipinski definition) is 9. The molecule has 2 aliphatic heterocycles. The van der Waals surface area contributed by atoms with Gasteiger partial charge in [-0.15, -0.1) is 0 Å². The van der Waals surface area contributed by atoms with Gasteiger partial charge in [0.25, 0.3) is 5.91 Å². The maximum atomic E-state index is 15.0. The van der Waals surface area contributed by atoms with Gasteiger partial charge in [0.2, 0.25) is 33.6 Å². The van der Waals surface area contributed by atoms with Crippen molar-refractivity contribution in [3.05, 3.63) is 41.4 Å². The Bertz CT molecular complexity index is 2120. The quantitative estimate of drug-likeness (QED) is 0.232. The van der Waals surface area contributed by atoms with Crippen LogP contribution < -0.4 is 19.5 Å². The Morgan fingerprint density at radius 2 is 1.85 bits per heavy atom. The van der Waals surface area contributed by atoms with E-state index in [0.717, 1.165) is 4.90 Å². The molecular formula is C40H51ClF3N5O9S. The molecule has 14 nitrogen and oxygen atoms in total. The molecule has 0 bridgehead atoms. The fourth-order valence-electron chi connectivity index (χ4n) is 8.20. The van der Waals surface area contributed by atoms with E-state index in [1.54, 1.807) is 36.4 Å². The van der Waals surface area contributed by atoms with Crippen LogP contribution in [0.1, 0.15) is 86.0 Å². The van der Waals surface area contributed by atoms with Crippen molar-refractivity contribution >= 4 is 56.2 Å². The lowest BCUT2D eigenvalue weighted by atomic mass is 9.85. The van der Waals surface area contributed by atoms with E-state index in [1.807, 2.05) is 13.8 Å². The van der Waals surface area contributed by atoms with Crippen LogP contribution >= 0.6 is 11.6 Å². The van der Waals surface area contributed by atoms with Gasteiger partial charge in [-0.05, 0) is 82.8 Å². The maximum Gasteiger partial charge on any atom is 0.411 e. The summed E-state index contributed by atoms with van der Waals surface area (Å²) >= 11 is 6.55. The molecule has 3 fully saturated rings. The molecule has 324 valence electrons. The van der Waals surface area contributed by atoms with Gasteiger partial charge in [-0.25, -0.2) is 13.2 Å². The smallest absolute Gasteiger partial charge is 0.411 e. The first kappa shape index (κ1) is 44.2. The van der Waals surface area contributed by atoms with Gasteiger partial charge in [0, 0.05) is 34.2 Å². The number of halogens is 4. The van der Waals surface area contributed by atoms with Crippen molar-refractivity contribution in [1.29, 1.82) is 0 Å². The van der Waals surface area contributed by atoms with E-state index in [4.69, 9.17) is 21.1 Å². The van der Waals surface area contributed by atoms with E-state index in [-0.39, 0.29) is 41.8 Å². The number of fused-ring (bicyclic) bond motifs is 3. The lowest BCUT2D eigenvalue weighted by Gasteiger charge is -2.45. The molecule has 0 unspecified atom stereocenters. The highest BCUT2D eigenvalue weighted by Gasteiger charge is 2.63. The highest BCUT2D eigenvalue weighted by atomic mass is 35.5. The standard InChI is InChI=1S/C40H51ClF3N5O9S/c1-6-16-57-31-19-28-27(12-9-13-29(28)41)34(45-31)58-25-18-30-33(50)46-39(36(52)47-59(55,56)26-14-15-26)20-24(39)11-8-7-10-22(2)17-23(3)32(35(51)48(30)21-25)49(37(53)54)38(4,5)40(42,43)44/h8-9,11-13,19,22-26,30,32H,6-7,10,14-18,20-21H2,1-5H3,(H,46,50)(H,47,52)(H,53,54)/b11-8-/t22-,23-,24-,25-,30+,32+,39-/m1/s1. The Morgan fingerprint density at radius 1 is 1.14 bits per heavy atom. The third kappa shape index (κ3) is 9.08. The number of nitrogens with one attached hydrogen (secondary N) is 2. The Hall–Kier alpha value is -4.32. The van der Waals surface area contributed by atoms with Crippen molar-refractivity contribution in [3.8, 4) is 11.8 Å². The van der Waals surface area contributed by atoms with Gasteiger partial charge >= 0.3 is 12.3 Å². The molecule has 4 aliphatic rings. The van der Waals surface area contributed by atoms with Crippen LogP contribution in [-0.4, -0.2) is 106 Å². The zero-order valence-electron chi connectivity index (χ0n) is 33.6. The van der Waals surface area contributed by atoms with Gasteiger partial charge < -0.3 is 24.8 Å². The SMILES string of the molecule is CCCOc1cc2c(Cl)cccc2c(O[C@@H]2C[C@H]3C(=O)N[C@]4(C(=O)NS(=O)(=O)C5CC5)C[C@H]4/C=C\CC[C@@H](C)C[C@@H](C)[C@H](N(C(=O)O)C(C)(C)C(F)(F)F)C(=O)N3C2)n1. The molecule has 19 heteroatoms. The van der Waals surface area contributed by atoms with Crippen LogP contribution in [0.3, 0.4) is 0 Å². The fourth-order valence-corrected chi connectivity index (χ4v) is 9.79. The third-order valence-corrected chi connectivity index (χ3v) is 14.0. The van der Waals surface area contributed by atoms with E-state index < -0.39 is 92.9 Å². The van der Waals surface area contributed by atoms with Crippen LogP contribution in [0.15, 0.2) is 36.4 Å². The number of pyridine rings is 1. The third-order valence-electron chi connectivity index (χ3n) is 11.8. The number of amides is 4. The summed E-state index contributed by atoms with van der Waals surface area (Å²) in [5.41, 5.74) is -4.76. The van der Waals surface area contributed by atoms with E-state index >= 15 is 4.79 Å². The first-order valence-corrected chi connectivity index (χ1v) is 21.9. The number of benzene rings is 1. The number of carbonyl (C=O) groups excluding carboxylic acids is 3. The average Bonchev–Trinajstić information content (AvgIpc) is 4.07. The summed E-state index contributed by atoms with van der Waals surface area (Å²) in [5.74, 6) is -4.46. The fraction of sp³-hybridized carbons (Fsp3) is 0.625. The van der Waals surface area contributed by atoms with Crippen LogP contribution in [0.4, 0.5) is 18.0 Å². The molecule has 1 aromatic carbocycles. The molecule has 0 spiro atoms. The number of allylic oxidation sites excluding steroid dienone is 1. The molecular weight excluding hydrogens is 819 g/mol. The van der Waals surface area contributed by atoms with E-state index in [2.05, 4.69) is 15.0 Å². The van der Waals surface area contributed by atoms with Gasteiger partial charge in [0.05, 0.1) is 18.4 Å². The number of carbonyl (C=O) groups is 4. The molecule has 7 atom stereocenters. The topological polar surface area (TPSA) is 185 Å². The monoisotopic (exact) mass is 869 g/mol. The molecule has 3 N–H and O–H groups in total. The second-order valence-corrected chi connectivity index (χ2v) is 19.2.